The van der Waals surface area contributed by atoms with Crippen molar-refractivity contribution < 1.29 is 4.74 Å². The molecular weight excluding hydrogens is 250 g/mol. The first-order chi connectivity index (χ1) is 9.75. The maximum absolute atomic E-state index is 6.17. The van der Waals surface area contributed by atoms with E-state index in [1.807, 2.05) is 24.3 Å². The number of likely N-dealkylation sites (tertiary alicyclic amines) is 1. The molecule has 1 aromatic carbocycles. The minimum Gasteiger partial charge on any atom is -0.491 e. The summed E-state index contributed by atoms with van der Waals surface area (Å²) in [5.74, 6) is 0.770. The smallest absolute Gasteiger partial charge is 0.142 e. The minimum absolute atomic E-state index is 0.651. The summed E-state index contributed by atoms with van der Waals surface area (Å²) in [6.07, 6.45) is 5.40. The normalized spacial score (nSPS) is 19.6. The largest absolute Gasteiger partial charge is 0.491 e. The molecule has 1 aromatic heterocycles. The van der Waals surface area contributed by atoms with E-state index in [4.69, 9.17) is 10.5 Å². The minimum atomic E-state index is 0.651. The number of ether oxygens (including phenoxy) is 1. The van der Waals surface area contributed by atoms with Gasteiger partial charge in [-0.1, -0.05) is 0 Å². The fourth-order valence-corrected chi connectivity index (χ4v) is 2.93. The molecule has 1 aliphatic rings. The van der Waals surface area contributed by atoms with E-state index < -0.39 is 0 Å². The second-order valence-electron chi connectivity index (χ2n) is 5.46. The Morgan fingerprint density at radius 3 is 3.10 bits per heavy atom. The molecule has 0 amide bonds. The number of nitrogen functional groups attached to an aromatic ring is 1. The van der Waals surface area contributed by atoms with Crippen molar-refractivity contribution in [2.45, 2.75) is 25.3 Å². The van der Waals surface area contributed by atoms with E-state index in [0.717, 1.165) is 23.1 Å². The van der Waals surface area contributed by atoms with Gasteiger partial charge in [-0.05, 0) is 57.1 Å². The highest BCUT2D eigenvalue weighted by atomic mass is 16.5. The molecule has 20 heavy (non-hydrogen) atoms. The van der Waals surface area contributed by atoms with Crippen LogP contribution in [0.25, 0.3) is 10.9 Å². The van der Waals surface area contributed by atoms with Crippen LogP contribution in [0.4, 0.5) is 5.69 Å². The average molecular weight is 271 g/mol. The molecule has 1 aliphatic heterocycles. The van der Waals surface area contributed by atoms with Crippen LogP contribution in [0.1, 0.15) is 19.3 Å². The molecule has 1 saturated heterocycles. The van der Waals surface area contributed by atoms with Crippen molar-refractivity contribution >= 4 is 16.6 Å². The molecule has 106 valence electrons. The maximum atomic E-state index is 6.17. The zero-order valence-corrected chi connectivity index (χ0v) is 11.9. The second-order valence-corrected chi connectivity index (χ2v) is 5.46. The fraction of sp³-hybridized carbons (Fsp3) is 0.438. The van der Waals surface area contributed by atoms with Gasteiger partial charge in [0, 0.05) is 17.6 Å². The number of hydrogen-bond donors (Lipinski definition) is 1. The summed E-state index contributed by atoms with van der Waals surface area (Å²) in [6.45, 7) is 1.92. The number of anilines is 1. The Kier molecular flexibility index (Phi) is 3.74. The zero-order valence-electron chi connectivity index (χ0n) is 11.9. The van der Waals surface area contributed by atoms with Gasteiger partial charge in [-0.25, -0.2) is 0 Å². The van der Waals surface area contributed by atoms with Crippen LogP contribution in [0.5, 0.6) is 5.75 Å². The third-order valence-corrected chi connectivity index (χ3v) is 4.17. The van der Waals surface area contributed by atoms with E-state index in [0.29, 0.717) is 18.3 Å². The quantitative estimate of drug-likeness (QED) is 0.869. The van der Waals surface area contributed by atoms with Crippen LogP contribution in [-0.2, 0) is 0 Å². The SMILES string of the molecule is CN1CCCC1CCOc1ccc2ncccc2c1N. The van der Waals surface area contributed by atoms with E-state index in [1.54, 1.807) is 6.20 Å². The van der Waals surface area contributed by atoms with Gasteiger partial charge in [0.25, 0.3) is 0 Å². The van der Waals surface area contributed by atoms with Gasteiger partial charge in [-0.3, -0.25) is 4.98 Å². The first kappa shape index (κ1) is 13.2. The van der Waals surface area contributed by atoms with Crippen LogP contribution in [0.15, 0.2) is 30.5 Å². The molecule has 0 saturated carbocycles. The molecule has 0 bridgehead atoms. The molecule has 0 radical (unpaired) electrons. The molecule has 4 heteroatoms. The Morgan fingerprint density at radius 1 is 1.40 bits per heavy atom. The van der Waals surface area contributed by atoms with Crippen molar-refractivity contribution in [1.82, 2.24) is 9.88 Å². The van der Waals surface area contributed by atoms with Crippen molar-refractivity contribution in [1.29, 1.82) is 0 Å². The number of hydrogen-bond acceptors (Lipinski definition) is 4. The average Bonchev–Trinajstić information content (AvgIpc) is 2.87. The van der Waals surface area contributed by atoms with Crippen LogP contribution in [0.2, 0.25) is 0 Å². The molecule has 2 N–H and O–H groups in total. The number of aromatic nitrogens is 1. The molecule has 0 spiro atoms. The van der Waals surface area contributed by atoms with Gasteiger partial charge in [-0.15, -0.1) is 0 Å². The summed E-state index contributed by atoms with van der Waals surface area (Å²) in [6, 6.07) is 8.41. The maximum Gasteiger partial charge on any atom is 0.142 e. The summed E-state index contributed by atoms with van der Waals surface area (Å²) in [4.78, 5) is 6.71. The Hall–Kier alpha value is -1.81. The summed E-state index contributed by atoms with van der Waals surface area (Å²) >= 11 is 0. The summed E-state index contributed by atoms with van der Waals surface area (Å²) < 4.78 is 5.88. The Labute approximate surface area is 119 Å². The Morgan fingerprint density at radius 2 is 2.30 bits per heavy atom. The number of nitrogens with two attached hydrogens (primary N) is 1. The zero-order chi connectivity index (χ0) is 13.9. The van der Waals surface area contributed by atoms with Crippen molar-refractivity contribution in [3.63, 3.8) is 0 Å². The number of pyridine rings is 1. The van der Waals surface area contributed by atoms with Gasteiger partial charge < -0.3 is 15.4 Å². The molecule has 1 unspecified atom stereocenters. The molecule has 2 heterocycles. The van der Waals surface area contributed by atoms with Crippen LogP contribution in [0.3, 0.4) is 0 Å². The molecule has 0 aliphatic carbocycles. The van der Waals surface area contributed by atoms with Gasteiger partial charge in [-0.2, -0.15) is 0 Å². The van der Waals surface area contributed by atoms with E-state index >= 15 is 0 Å². The van der Waals surface area contributed by atoms with Crippen molar-refractivity contribution in [2.75, 3.05) is 25.9 Å². The van der Waals surface area contributed by atoms with Crippen molar-refractivity contribution in [3.05, 3.63) is 30.5 Å². The van der Waals surface area contributed by atoms with Crippen LogP contribution in [0, 0.1) is 0 Å². The monoisotopic (exact) mass is 271 g/mol. The Balaban J connectivity index is 1.67. The van der Waals surface area contributed by atoms with Gasteiger partial charge in [0.15, 0.2) is 0 Å². The lowest BCUT2D eigenvalue weighted by Crippen LogP contribution is -2.26. The molecule has 3 rings (SSSR count). The lowest BCUT2D eigenvalue weighted by Gasteiger charge is -2.19. The van der Waals surface area contributed by atoms with E-state index in [2.05, 4.69) is 16.9 Å². The van der Waals surface area contributed by atoms with Crippen molar-refractivity contribution in [2.24, 2.45) is 0 Å². The molecule has 2 aromatic rings. The van der Waals surface area contributed by atoms with E-state index in [9.17, 15) is 0 Å². The predicted molar refractivity (Wildman–Crippen MR) is 81.9 cm³/mol. The van der Waals surface area contributed by atoms with Crippen molar-refractivity contribution in [3.8, 4) is 5.75 Å². The van der Waals surface area contributed by atoms with Crippen LogP contribution in [-0.4, -0.2) is 36.1 Å². The number of fused-ring (bicyclic) bond motifs is 1. The summed E-state index contributed by atoms with van der Waals surface area (Å²) in [5.41, 5.74) is 7.77. The summed E-state index contributed by atoms with van der Waals surface area (Å²) in [5, 5.41) is 0.961. The second kappa shape index (κ2) is 5.67. The predicted octanol–water partition coefficient (Wildman–Crippen LogP) is 2.68. The topological polar surface area (TPSA) is 51.4 Å². The molecule has 4 nitrogen and oxygen atoms in total. The van der Waals surface area contributed by atoms with Gasteiger partial charge in [0.05, 0.1) is 17.8 Å². The Bertz CT molecular complexity index is 599. The lowest BCUT2D eigenvalue weighted by molar-refractivity contribution is 0.234. The van der Waals surface area contributed by atoms with Gasteiger partial charge >= 0.3 is 0 Å². The lowest BCUT2D eigenvalue weighted by atomic mass is 10.1. The first-order valence-electron chi connectivity index (χ1n) is 7.22. The number of nitrogens with zero attached hydrogens (tertiary/aromatic N) is 2. The highest BCUT2D eigenvalue weighted by Crippen LogP contribution is 2.29. The van der Waals surface area contributed by atoms with Gasteiger partial charge in [0.2, 0.25) is 0 Å². The first-order valence-corrected chi connectivity index (χ1v) is 7.22. The highest BCUT2D eigenvalue weighted by molar-refractivity contribution is 5.93. The summed E-state index contributed by atoms with van der Waals surface area (Å²) in [7, 11) is 2.19. The standard InChI is InChI=1S/C16H21N3O/c1-19-10-3-4-12(19)8-11-20-15-7-6-14-13(16(15)17)5-2-9-18-14/h2,5-7,9,12H,3-4,8,10-11,17H2,1H3. The third-order valence-electron chi connectivity index (χ3n) is 4.17. The molecular formula is C16H21N3O. The van der Waals surface area contributed by atoms with E-state index in [-0.39, 0.29) is 0 Å². The van der Waals surface area contributed by atoms with Crippen LogP contribution >= 0.6 is 0 Å². The molecule has 1 atom stereocenters. The number of benzene rings is 1. The number of rotatable bonds is 4. The molecule has 1 fully saturated rings. The fourth-order valence-electron chi connectivity index (χ4n) is 2.93. The highest BCUT2D eigenvalue weighted by Gasteiger charge is 2.20. The van der Waals surface area contributed by atoms with Gasteiger partial charge in [0.1, 0.15) is 5.75 Å². The van der Waals surface area contributed by atoms with Crippen LogP contribution < -0.4 is 10.5 Å². The third kappa shape index (κ3) is 2.56. The van der Waals surface area contributed by atoms with E-state index in [1.165, 1.54) is 19.4 Å².